The van der Waals surface area contributed by atoms with Crippen LogP contribution >= 0.6 is 7.82 Å². The van der Waals surface area contributed by atoms with Crippen molar-refractivity contribution in [2.24, 2.45) is 0 Å². The van der Waals surface area contributed by atoms with Gasteiger partial charge in [0.2, 0.25) is 0 Å². The second-order valence-corrected chi connectivity index (χ2v) is 25.2. The fourth-order valence-electron chi connectivity index (χ4n) is 9.66. The molecule has 78 heavy (non-hydrogen) atoms. The maximum absolute atomic E-state index is 12.8. The summed E-state index contributed by atoms with van der Waals surface area (Å²) in [5, 5.41) is 0. The van der Waals surface area contributed by atoms with Crippen molar-refractivity contribution in [2.75, 3.05) is 47.5 Å². The van der Waals surface area contributed by atoms with Crippen molar-refractivity contribution < 1.29 is 42.1 Å². The first-order valence-corrected chi connectivity index (χ1v) is 34.8. The molecule has 0 bridgehead atoms. The number of phosphoric ester groups is 1. The zero-order valence-electron chi connectivity index (χ0n) is 52.1. The van der Waals surface area contributed by atoms with E-state index in [9.17, 15) is 19.0 Å². The number of esters is 2. The van der Waals surface area contributed by atoms with Crippen LogP contribution in [-0.4, -0.2) is 70.0 Å². The molecular weight excluding hydrogens is 990 g/mol. The average Bonchev–Trinajstić information content (AvgIpc) is 3.41. The highest BCUT2D eigenvalue weighted by Crippen LogP contribution is 2.38. The number of hydrogen-bond acceptors (Lipinski definition) is 8. The molecule has 0 rings (SSSR count). The second kappa shape index (κ2) is 59.6. The van der Waals surface area contributed by atoms with E-state index in [0.29, 0.717) is 17.4 Å². The molecular formula is C68H128NO8P. The number of rotatable bonds is 62. The fraction of sp³-hybridized carbons (Fsp3) is 0.853. The van der Waals surface area contributed by atoms with E-state index in [4.69, 9.17) is 18.5 Å². The molecule has 0 N–H and O–H groups in total. The SMILES string of the molecule is CCCCCCC/C=C\C/C=C\C/C=C\CCCCCCCCCCCCCCCCCCCCCCCCC(=O)OC(COC(=O)CCCCCCCCC/C=C\CCCCCCCC)COP(=O)([O-])OCC[N+](C)(C)C. The number of hydrogen-bond donors (Lipinski definition) is 0. The van der Waals surface area contributed by atoms with Crippen LogP contribution in [0.3, 0.4) is 0 Å². The van der Waals surface area contributed by atoms with E-state index < -0.39 is 26.5 Å². The molecule has 458 valence electrons. The molecule has 2 unspecified atom stereocenters. The van der Waals surface area contributed by atoms with Gasteiger partial charge in [-0.05, 0) is 77.0 Å². The van der Waals surface area contributed by atoms with Crippen molar-refractivity contribution in [3.05, 3.63) is 48.6 Å². The van der Waals surface area contributed by atoms with E-state index in [1.54, 1.807) is 0 Å². The third-order valence-corrected chi connectivity index (χ3v) is 15.8. The minimum Gasteiger partial charge on any atom is -0.756 e. The van der Waals surface area contributed by atoms with Gasteiger partial charge in [-0.3, -0.25) is 14.2 Å². The van der Waals surface area contributed by atoms with Crippen LogP contribution < -0.4 is 4.89 Å². The lowest BCUT2D eigenvalue weighted by atomic mass is 10.0. The Morgan fingerprint density at radius 3 is 1.04 bits per heavy atom. The van der Waals surface area contributed by atoms with Crippen molar-refractivity contribution >= 4 is 19.8 Å². The lowest BCUT2D eigenvalue weighted by Gasteiger charge is -2.28. The Morgan fingerprint density at radius 1 is 0.397 bits per heavy atom. The molecule has 0 aliphatic rings. The third-order valence-electron chi connectivity index (χ3n) is 14.8. The fourth-order valence-corrected chi connectivity index (χ4v) is 10.4. The van der Waals surface area contributed by atoms with Gasteiger partial charge in [0.25, 0.3) is 7.82 Å². The molecule has 0 amide bonds. The third kappa shape index (κ3) is 63.2. The summed E-state index contributed by atoms with van der Waals surface area (Å²) >= 11 is 0. The molecule has 0 heterocycles. The zero-order chi connectivity index (χ0) is 57.0. The number of quaternary nitrogens is 1. The molecule has 0 radical (unpaired) electrons. The van der Waals surface area contributed by atoms with Crippen molar-refractivity contribution in [2.45, 2.75) is 328 Å². The highest BCUT2D eigenvalue weighted by molar-refractivity contribution is 7.45. The maximum Gasteiger partial charge on any atom is 0.306 e. The number of phosphoric acid groups is 1. The Labute approximate surface area is 484 Å². The van der Waals surface area contributed by atoms with Gasteiger partial charge in [0.1, 0.15) is 19.8 Å². The molecule has 0 aliphatic carbocycles. The minimum atomic E-state index is -4.64. The van der Waals surface area contributed by atoms with E-state index in [0.717, 1.165) is 57.8 Å². The predicted molar refractivity (Wildman–Crippen MR) is 333 cm³/mol. The van der Waals surface area contributed by atoms with Crippen LogP contribution in [0, 0.1) is 0 Å². The van der Waals surface area contributed by atoms with Crippen LogP contribution in [0.4, 0.5) is 0 Å². The summed E-state index contributed by atoms with van der Waals surface area (Å²) in [5.41, 5.74) is 0. The monoisotopic (exact) mass is 1120 g/mol. The normalized spacial score (nSPS) is 13.5. The van der Waals surface area contributed by atoms with Crippen LogP contribution in [0.25, 0.3) is 0 Å². The highest BCUT2D eigenvalue weighted by atomic mass is 31.2. The number of carbonyl (C=O) groups is 2. The van der Waals surface area contributed by atoms with Gasteiger partial charge in [0.15, 0.2) is 6.10 Å². The van der Waals surface area contributed by atoms with Crippen molar-refractivity contribution in [1.82, 2.24) is 0 Å². The maximum atomic E-state index is 12.8. The van der Waals surface area contributed by atoms with E-state index >= 15 is 0 Å². The van der Waals surface area contributed by atoms with Crippen molar-refractivity contribution in [3.8, 4) is 0 Å². The number of nitrogens with zero attached hydrogens (tertiary/aromatic N) is 1. The summed E-state index contributed by atoms with van der Waals surface area (Å²) in [5.74, 6) is -0.824. The van der Waals surface area contributed by atoms with Gasteiger partial charge in [-0.1, -0.05) is 281 Å². The van der Waals surface area contributed by atoms with Gasteiger partial charge in [-0.15, -0.1) is 0 Å². The Balaban J connectivity index is 3.95. The lowest BCUT2D eigenvalue weighted by Crippen LogP contribution is -2.37. The summed E-state index contributed by atoms with van der Waals surface area (Å²) in [7, 11) is 1.18. The smallest absolute Gasteiger partial charge is 0.306 e. The molecule has 0 fully saturated rings. The molecule has 0 aromatic carbocycles. The van der Waals surface area contributed by atoms with Crippen LogP contribution in [0.15, 0.2) is 48.6 Å². The van der Waals surface area contributed by atoms with Crippen molar-refractivity contribution in [3.63, 3.8) is 0 Å². The molecule has 0 aromatic heterocycles. The van der Waals surface area contributed by atoms with Gasteiger partial charge < -0.3 is 27.9 Å². The van der Waals surface area contributed by atoms with Gasteiger partial charge in [-0.25, -0.2) is 0 Å². The first kappa shape index (κ1) is 76.0. The lowest BCUT2D eigenvalue weighted by molar-refractivity contribution is -0.870. The van der Waals surface area contributed by atoms with Gasteiger partial charge in [0.05, 0.1) is 27.7 Å². The van der Waals surface area contributed by atoms with Crippen LogP contribution in [0.5, 0.6) is 0 Å². The van der Waals surface area contributed by atoms with E-state index in [1.165, 1.54) is 231 Å². The molecule has 2 atom stereocenters. The first-order valence-electron chi connectivity index (χ1n) is 33.3. The summed E-state index contributed by atoms with van der Waals surface area (Å²) < 4.78 is 34.2. The number of unbranched alkanes of at least 4 members (excludes halogenated alkanes) is 40. The summed E-state index contributed by atoms with van der Waals surface area (Å²) in [4.78, 5) is 37.9. The van der Waals surface area contributed by atoms with Crippen LogP contribution in [0.2, 0.25) is 0 Å². The van der Waals surface area contributed by atoms with Gasteiger partial charge >= 0.3 is 11.9 Å². The second-order valence-electron chi connectivity index (χ2n) is 23.8. The number of allylic oxidation sites excluding steroid dienone is 8. The summed E-state index contributed by atoms with van der Waals surface area (Å²) in [6.45, 7) is 4.26. The van der Waals surface area contributed by atoms with Crippen LogP contribution in [-0.2, 0) is 32.7 Å². The number of likely N-dealkylation sites (N-methyl/N-ethyl adjacent to an activating group) is 1. The molecule has 9 nitrogen and oxygen atoms in total. The molecule has 10 heteroatoms. The van der Waals surface area contributed by atoms with Gasteiger partial charge in [0, 0.05) is 12.8 Å². The molecule has 0 aliphatic heterocycles. The number of carbonyl (C=O) groups excluding carboxylic acids is 2. The molecule has 0 aromatic rings. The highest BCUT2D eigenvalue weighted by Gasteiger charge is 2.22. The Hall–Kier alpha value is -2.03. The summed E-state index contributed by atoms with van der Waals surface area (Å²) in [6, 6.07) is 0. The minimum absolute atomic E-state index is 0.0299. The molecule has 0 spiro atoms. The Morgan fingerprint density at radius 2 is 0.692 bits per heavy atom. The number of ether oxygens (including phenoxy) is 2. The Bertz CT molecular complexity index is 1460. The quantitative estimate of drug-likeness (QED) is 0.0195. The first-order chi connectivity index (χ1) is 38.0. The Kier molecular flexibility index (Phi) is 58.0. The predicted octanol–water partition coefficient (Wildman–Crippen LogP) is 20.6. The zero-order valence-corrected chi connectivity index (χ0v) is 53.0. The van der Waals surface area contributed by atoms with E-state index in [1.807, 2.05) is 21.1 Å². The topological polar surface area (TPSA) is 111 Å². The van der Waals surface area contributed by atoms with E-state index in [2.05, 4.69) is 62.5 Å². The van der Waals surface area contributed by atoms with Crippen LogP contribution in [0.1, 0.15) is 322 Å². The van der Waals surface area contributed by atoms with E-state index in [-0.39, 0.29) is 32.0 Å². The summed E-state index contributed by atoms with van der Waals surface area (Å²) in [6.07, 6.45) is 76.2. The standard InChI is InChI=1S/C68H128NO8P/c1-6-8-10-12-14-16-18-20-22-24-25-26-27-28-29-30-31-32-33-34-35-36-37-38-39-40-41-42-43-45-47-49-51-53-55-57-59-61-68(71)77-66(65-76-78(72,73)75-63-62-69(3,4)5)64-74-67(70)60-58-56-54-52-50-48-46-44-23-21-19-17-15-13-11-9-7-2/h18,20-21,23-25,27-28,66H,6-17,19,22,26,29-65H2,1-5H3/b20-18-,23-21-,25-24-,28-27-. The molecule has 0 saturated heterocycles. The average molecular weight is 1120 g/mol. The molecule has 0 saturated carbocycles. The largest absolute Gasteiger partial charge is 0.756 e. The van der Waals surface area contributed by atoms with Crippen molar-refractivity contribution in [1.29, 1.82) is 0 Å². The van der Waals surface area contributed by atoms with Gasteiger partial charge in [-0.2, -0.15) is 0 Å².